The van der Waals surface area contributed by atoms with E-state index in [0.29, 0.717) is 6.07 Å². The molecule has 23 heavy (non-hydrogen) atoms. The first-order chi connectivity index (χ1) is 10.9. The lowest BCUT2D eigenvalue weighted by molar-refractivity contribution is -0.139. The fraction of sp³-hybridized carbons (Fsp3) is 0.125. The Balaban J connectivity index is 2.14. The van der Waals surface area contributed by atoms with Gasteiger partial charge in [0.05, 0.1) is 5.56 Å². The third kappa shape index (κ3) is 4.72. The summed E-state index contributed by atoms with van der Waals surface area (Å²) in [6.07, 6.45) is 0.0564. The van der Waals surface area contributed by atoms with Gasteiger partial charge in [-0.1, -0.05) is 12.1 Å². The standard InChI is InChI=1S/C16H12F2INO3/c17-10-3-6-12(13(18)8-10)15(21)20-14(16(22)23)7-9-1-4-11(19)5-2-9/h1-6,8,14H,7H2,(H,20,21)(H,22,23)/t14-/m0/s1. The lowest BCUT2D eigenvalue weighted by Gasteiger charge is -2.15. The van der Waals surface area contributed by atoms with Crippen molar-refractivity contribution in [3.8, 4) is 0 Å². The second-order valence-corrected chi connectivity index (χ2v) is 6.06. The predicted octanol–water partition coefficient (Wildman–Crippen LogP) is 3.00. The minimum Gasteiger partial charge on any atom is -0.480 e. The number of carboxylic acids is 1. The molecule has 0 aliphatic rings. The van der Waals surface area contributed by atoms with E-state index in [1.165, 1.54) is 0 Å². The second kappa shape index (κ2) is 7.49. The van der Waals surface area contributed by atoms with Crippen molar-refractivity contribution in [2.75, 3.05) is 0 Å². The Kier molecular flexibility index (Phi) is 5.64. The van der Waals surface area contributed by atoms with Crippen LogP contribution in [-0.2, 0) is 11.2 Å². The van der Waals surface area contributed by atoms with Gasteiger partial charge in [-0.15, -0.1) is 0 Å². The average molecular weight is 431 g/mol. The predicted molar refractivity (Wildman–Crippen MR) is 88.1 cm³/mol. The number of rotatable bonds is 5. The Bertz CT molecular complexity index is 735. The molecule has 0 unspecified atom stereocenters. The molecule has 0 aromatic heterocycles. The molecule has 0 fully saturated rings. The Labute approximate surface area is 144 Å². The summed E-state index contributed by atoms with van der Waals surface area (Å²) in [6.45, 7) is 0. The Morgan fingerprint density at radius 1 is 1.13 bits per heavy atom. The van der Waals surface area contributed by atoms with Crippen molar-refractivity contribution in [2.45, 2.75) is 12.5 Å². The molecule has 4 nitrogen and oxygen atoms in total. The molecule has 2 rings (SSSR count). The molecule has 0 aliphatic heterocycles. The molecule has 2 aromatic carbocycles. The molecule has 7 heteroatoms. The third-order valence-corrected chi connectivity index (χ3v) is 3.85. The van der Waals surface area contributed by atoms with Gasteiger partial charge in [0.2, 0.25) is 0 Å². The molecule has 1 amide bonds. The van der Waals surface area contributed by atoms with Gasteiger partial charge in [0.25, 0.3) is 5.91 Å². The van der Waals surface area contributed by atoms with Crippen molar-refractivity contribution >= 4 is 34.5 Å². The number of carbonyl (C=O) groups excluding carboxylic acids is 1. The number of hydrogen-bond acceptors (Lipinski definition) is 2. The van der Waals surface area contributed by atoms with Gasteiger partial charge < -0.3 is 10.4 Å². The van der Waals surface area contributed by atoms with E-state index in [1.807, 2.05) is 12.1 Å². The first-order valence-electron chi connectivity index (χ1n) is 6.60. The number of benzene rings is 2. The van der Waals surface area contributed by atoms with E-state index in [2.05, 4.69) is 27.9 Å². The van der Waals surface area contributed by atoms with Crippen LogP contribution < -0.4 is 5.32 Å². The van der Waals surface area contributed by atoms with Crippen LogP contribution in [0.15, 0.2) is 42.5 Å². The molecule has 2 aromatic rings. The monoisotopic (exact) mass is 431 g/mol. The fourth-order valence-electron chi connectivity index (χ4n) is 1.97. The van der Waals surface area contributed by atoms with Crippen LogP contribution in [0.25, 0.3) is 0 Å². The van der Waals surface area contributed by atoms with Crippen molar-refractivity contribution < 1.29 is 23.5 Å². The summed E-state index contributed by atoms with van der Waals surface area (Å²) in [5, 5.41) is 11.5. The maximum Gasteiger partial charge on any atom is 0.326 e. The summed E-state index contributed by atoms with van der Waals surface area (Å²) in [7, 11) is 0. The molecule has 120 valence electrons. The van der Waals surface area contributed by atoms with Gasteiger partial charge in [0, 0.05) is 16.1 Å². The highest BCUT2D eigenvalue weighted by molar-refractivity contribution is 14.1. The summed E-state index contributed by atoms with van der Waals surface area (Å²) >= 11 is 2.12. The molecule has 0 saturated heterocycles. The van der Waals surface area contributed by atoms with E-state index in [4.69, 9.17) is 0 Å². The molecule has 0 heterocycles. The fourth-order valence-corrected chi connectivity index (χ4v) is 2.33. The van der Waals surface area contributed by atoms with Crippen molar-refractivity contribution in [3.63, 3.8) is 0 Å². The van der Waals surface area contributed by atoms with Crippen LogP contribution >= 0.6 is 22.6 Å². The van der Waals surface area contributed by atoms with Crippen molar-refractivity contribution in [1.29, 1.82) is 0 Å². The van der Waals surface area contributed by atoms with Gasteiger partial charge in [-0.2, -0.15) is 0 Å². The van der Waals surface area contributed by atoms with Crippen LogP contribution in [0.4, 0.5) is 8.78 Å². The van der Waals surface area contributed by atoms with Crippen molar-refractivity contribution in [1.82, 2.24) is 5.32 Å². The average Bonchev–Trinajstić information content (AvgIpc) is 2.48. The largest absolute Gasteiger partial charge is 0.480 e. The van der Waals surface area contributed by atoms with Gasteiger partial charge in [-0.3, -0.25) is 4.79 Å². The van der Waals surface area contributed by atoms with E-state index in [0.717, 1.165) is 21.3 Å². The number of hydrogen-bond donors (Lipinski definition) is 2. The number of nitrogens with one attached hydrogen (secondary N) is 1. The maximum absolute atomic E-state index is 13.6. The molecule has 2 N–H and O–H groups in total. The number of amides is 1. The first kappa shape index (κ1) is 17.3. The highest BCUT2D eigenvalue weighted by atomic mass is 127. The summed E-state index contributed by atoms with van der Waals surface area (Å²) in [5.74, 6) is -3.99. The molecular formula is C16H12F2INO3. The minimum atomic E-state index is -1.24. The Morgan fingerprint density at radius 2 is 1.78 bits per heavy atom. The first-order valence-corrected chi connectivity index (χ1v) is 7.68. The summed E-state index contributed by atoms with van der Waals surface area (Å²) < 4.78 is 27.4. The SMILES string of the molecule is O=C(N[C@@H](Cc1ccc(I)cc1)C(=O)O)c1ccc(F)cc1F. The Hall–Kier alpha value is -2.03. The number of aliphatic carboxylic acids is 1. The second-order valence-electron chi connectivity index (χ2n) is 4.82. The molecule has 0 bridgehead atoms. The van der Waals surface area contributed by atoms with Gasteiger partial charge >= 0.3 is 5.97 Å². The van der Waals surface area contributed by atoms with E-state index < -0.39 is 35.1 Å². The molecule has 0 aliphatic carbocycles. The van der Waals surface area contributed by atoms with Crippen LogP contribution in [0, 0.1) is 15.2 Å². The lowest BCUT2D eigenvalue weighted by atomic mass is 10.1. The zero-order valence-corrected chi connectivity index (χ0v) is 13.9. The minimum absolute atomic E-state index is 0.0564. The van der Waals surface area contributed by atoms with Crippen LogP contribution in [0.2, 0.25) is 0 Å². The lowest BCUT2D eigenvalue weighted by Crippen LogP contribution is -2.42. The van der Waals surface area contributed by atoms with Gasteiger partial charge in [-0.25, -0.2) is 13.6 Å². The molecule has 1 atom stereocenters. The van der Waals surface area contributed by atoms with E-state index in [9.17, 15) is 23.5 Å². The smallest absolute Gasteiger partial charge is 0.326 e. The highest BCUT2D eigenvalue weighted by Crippen LogP contribution is 2.12. The van der Waals surface area contributed by atoms with E-state index >= 15 is 0 Å². The zero-order valence-electron chi connectivity index (χ0n) is 11.7. The van der Waals surface area contributed by atoms with E-state index in [-0.39, 0.29) is 6.42 Å². The van der Waals surface area contributed by atoms with Crippen LogP contribution in [-0.4, -0.2) is 23.0 Å². The van der Waals surface area contributed by atoms with Gasteiger partial charge in [0.1, 0.15) is 17.7 Å². The zero-order chi connectivity index (χ0) is 17.0. The van der Waals surface area contributed by atoms with Crippen LogP contribution in [0.5, 0.6) is 0 Å². The van der Waals surface area contributed by atoms with Crippen LogP contribution in [0.3, 0.4) is 0 Å². The molecule has 0 radical (unpaired) electrons. The maximum atomic E-state index is 13.6. The summed E-state index contributed by atoms with van der Waals surface area (Å²) in [6, 6.07) is 8.41. The highest BCUT2D eigenvalue weighted by Gasteiger charge is 2.22. The number of carboxylic acid groups (broad SMARTS) is 1. The van der Waals surface area contributed by atoms with E-state index in [1.54, 1.807) is 12.1 Å². The molecule has 0 saturated carbocycles. The molecule has 0 spiro atoms. The summed E-state index contributed by atoms with van der Waals surface area (Å²) in [4.78, 5) is 23.3. The van der Waals surface area contributed by atoms with Crippen molar-refractivity contribution in [3.05, 3.63) is 68.8 Å². The Morgan fingerprint density at radius 3 is 2.35 bits per heavy atom. The number of halogens is 3. The molecular weight excluding hydrogens is 419 g/mol. The van der Waals surface area contributed by atoms with Gasteiger partial charge in [0.15, 0.2) is 0 Å². The van der Waals surface area contributed by atoms with Crippen LogP contribution in [0.1, 0.15) is 15.9 Å². The third-order valence-electron chi connectivity index (χ3n) is 3.13. The normalized spacial score (nSPS) is 11.8. The van der Waals surface area contributed by atoms with Gasteiger partial charge in [-0.05, 0) is 52.4 Å². The number of carbonyl (C=O) groups is 2. The quantitative estimate of drug-likeness (QED) is 0.716. The van der Waals surface area contributed by atoms with Crippen molar-refractivity contribution in [2.24, 2.45) is 0 Å². The summed E-state index contributed by atoms with van der Waals surface area (Å²) in [5.41, 5.74) is 0.318. The topological polar surface area (TPSA) is 66.4 Å².